The first kappa shape index (κ1) is 40.0. The quantitative estimate of drug-likeness (QED) is 0.0495. The van der Waals surface area contributed by atoms with Crippen LogP contribution in [0.2, 0.25) is 0 Å². The molecule has 0 N–H and O–H groups in total. The second-order valence-electron chi connectivity index (χ2n) is 12.1. The second-order valence-corrected chi connectivity index (χ2v) is 12.1. The summed E-state index contributed by atoms with van der Waals surface area (Å²) in [5.74, 6) is -0.948. The molecule has 0 aromatic carbocycles. The Morgan fingerprint density at radius 1 is 1.02 bits per heavy atom. The van der Waals surface area contributed by atoms with Crippen LogP contribution >= 0.6 is 0 Å². The largest absolute Gasteiger partial charge is 0.457 e. The van der Waals surface area contributed by atoms with Crippen molar-refractivity contribution in [1.82, 2.24) is 0 Å². The lowest BCUT2D eigenvalue weighted by Crippen LogP contribution is -2.47. The van der Waals surface area contributed by atoms with Crippen LogP contribution in [-0.2, 0) is 38.0 Å². The predicted octanol–water partition coefficient (Wildman–Crippen LogP) is 8.38. The number of rotatable bonds is 18. The molecule has 0 fully saturated rings. The fourth-order valence-electron chi connectivity index (χ4n) is 5.49. The van der Waals surface area contributed by atoms with Gasteiger partial charge in [-0.25, -0.2) is 0 Å². The summed E-state index contributed by atoms with van der Waals surface area (Å²) in [7, 11) is 0. The molecule has 254 valence electrons. The molecule has 0 bridgehead atoms. The van der Waals surface area contributed by atoms with Gasteiger partial charge in [-0.2, -0.15) is 0 Å². The van der Waals surface area contributed by atoms with Crippen molar-refractivity contribution >= 4 is 11.9 Å². The molecule has 1 rings (SSSR count). The average Bonchev–Trinajstić information content (AvgIpc) is 2.95. The van der Waals surface area contributed by atoms with Crippen LogP contribution < -0.4 is 0 Å². The van der Waals surface area contributed by atoms with Crippen molar-refractivity contribution in [3.05, 3.63) is 36.0 Å². The third kappa shape index (κ3) is 16.4. The van der Waals surface area contributed by atoms with Crippen molar-refractivity contribution in [2.75, 3.05) is 13.2 Å². The molecule has 0 aromatic rings. The first-order valence-electron chi connectivity index (χ1n) is 16.9. The minimum atomic E-state index is -0.949. The number of unbranched alkanes of at least 4 members (excludes halogenated alkanes) is 6. The van der Waals surface area contributed by atoms with Gasteiger partial charge < -0.3 is 28.4 Å². The summed E-state index contributed by atoms with van der Waals surface area (Å²) in [5, 5.41) is 0. The van der Waals surface area contributed by atoms with E-state index in [9.17, 15) is 9.59 Å². The Kier molecular flexibility index (Phi) is 20.5. The van der Waals surface area contributed by atoms with Crippen LogP contribution in [0.3, 0.4) is 0 Å². The highest BCUT2D eigenvalue weighted by Crippen LogP contribution is 2.32. The molecule has 0 amide bonds. The van der Waals surface area contributed by atoms with Gasteiger partial charge in [0.1, 0.15) is 17.8 Å². The summed E-state index contributed by atoms with van der Waals surface area (Å²) in [6.07, 6.45) is 16.9. The van der Waals surface area contributed by atoms with Gasteiger partial charge in [0.25, 0.3) is 0 Å². The SMILES string of the molecule is CCCCCCCCC=C/C=C(\C)C1OC(=O)CC(OC(C)OCC)CCC(C)(OC(C)OCC)C(OC(C)=O)/C=C/C1C. The minimum absolute atomic E-state index is 0.0564. The van der Waals surface area contributed by atoms with E-state index in [1.54, 1.807) is 0 Å². The highest BCUT2D eigenvalue weighted by atomic mass is 16.7. The van der Waals surface area contributed by atoms with Crippen molar-refractivity contribution in [2.24, 2.45) is 5.92 Å². The van der Waals surface area contributed by atoms with Crippen molar-refractivity contribution < 1.29 is 38.0 Å². The van der Waals surface area contributed by atoms with E-state index in [4.69, 9.17) is 28.4 Å². The van der Waals surface area contributed by atoms with E-state index in [0.717, 1.165) is 12.0 Å². The Bertz CT molecular complexity index is 897. The molecule has 8 heteroatoms. The number of hydrogen-bond donors (Lipinski definition) is 0. The zero-order valence-electron chi connectivity index (χ0n) is 29.1. The summed E-state index contributed by atoms with van der Waals surface area (Å²) in [5.41, 5.74) is -0.0182. The van der Waals surface area contributed by atoms with Gasteiger partial charge in [0.05, 0.1) is 12.5 Å². The van der Waals surface area contributed by atoms with Crippen LogP contribution in [0.1, 0.15) is 127 Å². The topological polar surface area (TPSA) is 89.5 Å². The molecule has 0 spiro atoms. The minimum Gasteiger partial charge on any atom is -0.457 e. The van der Waals surface area contributed by atoms with E-state index in [0.29, 0.717) is 26.1 Å². The molecule has 8 nitrogen and oxygen atoms in total. The third-order valence-electron chi connectivity index (χ3n) is 7.87. The van der Waals surface area contributed by atoms with Gasteiger partial charge in [-0.05, 0) is 78.9 Å². The number of carbonyl (C=O) groups excluding carboxylic acids is 2. The fraction of sp³-hybridized carbons (Fsp3) is 0.778. The summed E-state index contributed by atoms with van der Waals surface area (Å²) in [4.78, 5) is 25.6. The van der Waals surface area contributed by atoms with E-state index in [2.05, 4.69) is 19.1 Å². The van der Waals surface area contributed by atoms with Crippen molar-refractivity contribution in [2.45, 2.75) is 163 Å². The number of esters is 2. The van der Waals surface area contributed by atoms with Gasteiger partial charge >= 0.3 is 11.9 Å². The van der Waals surface area contributed by atoms with Gasteiger partial charge in [0.15, 0.2) is 12.6 Å². The van der Waals surface area contributed by atoms with Crippen molar-refractivity contribution in [1.29, 1.82) is 0 Å². The van der Waals surface area contributed by atoms with Gasteiger partial charge in [-0.3, -0.25) is 9.59 Å². The molecule has 1 heterocycles. The fourth-order valence-corrected chi connectivity index (χ4v) is 5.49. The summed E-state index contributed by atoms with van der Waals surface area (Å²) < 4.78 is 35.8. The summed E-state index contributed by atoms with van der Waals surface area (Å²) in [6, 6.07) is 0. The number of hydrogen-bond acceptors (Lipinski definition) is 8. The van der Waals surface area contributed by atoms with E-state index in [1.165, 1.54) is 45.4 Å². The Morgan fingerprint density at radius 3 is 2.34 bits per heavy atom. The normalized spacial score (nSPS) is 27.7. The Hall–Kier alpha value is -2.00. The Labute approximate surface area is 267 Å². The lowest BCUT2D eigenvalue weighted by molar-refractivity contribution is -0.230. The molecule has 0 saturated heterocycles. The molecule has 0 saturated carbocycles. The monoisotopic (exact) mass is 622 g/mol. The molecule has 0 radical (unpaired) electrons. The molecular weight excluding hydrogens is 560 g/mol. The van der Waals surface area contributed by atoms with Gasteiger partial charge in [-0.15, -0.1) is 0 Å². The van der Waals surface area contributed by atoms with Gasteiger partial charge in [0.2, 0.25) is 0 Å². The van der Waals surface area contributed by atoms with E-state index < -0.39 is 42.5 Å². The van der Waals surface area contributed by atoms with E-state index in [-0.39, 0.29) is 18.3 Å². The van der Waals surface area contributed by atoms with Crippen LogP contribution in [0.25, 0.3) is 0 Å². The molecule has 0 aromatic heterocycles. The predicted molar refractivity (Wildman–Crippen MR) is 175 cm³/mol. The maximum atomic E-state index is 13.3. The van der Waals surface area contributed by atoms with Gasteiger partial charge in [0, 0.05) is 26.1 Å². The first-order valence-corrected chi connectivity index (χ1v) is 16.9. The number of carbonyl (C=O) groups is 2. The second kappa shape index (κ2) is 22.5. The number of cyclic esters (lactones) is 1. The summed E-state index contributed by atoms with van der Waals surface area (Å²) >= 11 is 0. The highest BCUT2D eigenvalue weighted by molar-refractivity contribution is 5.70. The lowest BCUT2D eigenvalue weighted by Gasteiger charge is -2.39. The maximum Gasteiger partial charge on any atom is 0.309 e. The van der Waals surface area contributed by atoms with Crippen molar-refractivity contribution in [3.8, 4) is 0 Å². The van der Waals surface area contributed by atoms with Gasteiger partial charge in [-0.1, -0.05) is 70.3 Å². The Morgan fingerprint density at radius 2 is 1.68 bits per heavy atom. The smallest absolute Gasteiger partial charge is 0.309 e. The lowest BCUT2D eigenvalue weighted by atomic mass is 9.88. The zero-order chi connectivity index (χ0) is 33.0. The van der Waals surface area contributed by atoms with Crippen molar-refractivity contribution in [3.63, 3.8) is 0 Å². The first-order chi connectivity index (χ1) is 20.9. The molecule has 0 aliphatic carbocycles. The zero-order valence-corrected chi connectivity index (χ0v) is 29.1. The van der Waals surface area contributed by atoms with Crippen LogP contribution in [0.5, 0.6) is 0 Å². The standard InChI is InChI=1S/C36H62O8/c1-10-13-14-15-16-17-18-19-20-21-27(4)35-28(5)22-23-33(41-29(6)37)36(9,44-31(8)40-12-3)25-24-32(26-34(38)43-35)42-30(7)39-11-2/h19-23,28,30-33,35H,10-18,24-26H2,1-9H3/b20-19?,23-22+,27-21+. The molecule has 7 unspecified atom stereocenters. The van der Waals surface area contributed by atoms with Crippen LogP contribution in [-0.4, -0.2) is 61.6 Å². The molecule has 1 aliphatic heterocycles. The van der Waals surface area contributed by atoms with E-state index in [1.807, 2.05) is 66.7 Å². The summed E-state index contributed by atoms with van der Waals surface area (Å²) in [6.45, 7) is 17.9. The average molecular weight is 623 g/mol. The molecule has 7 atom stereocenters. The highest BCUT2D eigenvalue weighted by Gasteiger charge is 2.40. The van der Waals surface area contributed by atoms with Crippen LogP contribution in [0.4, 0.5) is 0 Å². The maximum absolute atomic E-state index is 13.3. The third-order valence-corrected chi connectivity index (χ3v) is 7.87. The van der Waals surface area contributed by atoms with Crippen LogP contribution in [0.15, 0.2) is 36.0 Å². The molecular formula is C36H62O8. The molecule has 44 heavy (non-hydrogen) atoms. The number of allylic oxidation sites excluding steroid dienone is 3. The molecule has 1 aliphatic rings. The van der Waals surface area contributed by atoms with E-state index >= 15 is 0 Å². The Balaban J connectivity index is 3.33. The van der Waals surface area contributed by atoms with Crippen LogP contribution in [0, 0.1) is 5.92 Å². The number of ether oxygens (including phenoxy) is 6.